The van der Waals surface area contributed by atoms with Crippen LogP contribution >= 0.6 is 0 Å². The Morgan fingerprint density at radius 2 is 1.83 bits per heavy atom. The van der Waals surface area contributed by atoms with Crippen LogP contribution in [0.5, 0.6) is 11.5 Å². The van der Waals surface area contributed by atoms with Gasteiger partial charge in [-0.1, -0.05) is 0 Å². The average molecular weight is 163 g/mol. The van der Waals surface area contributed by atoms with Crippen LogP contribution < -0.4 is 9.47 Å². The molecule has 12 heavy (non-hydrogen) atoms. The van der Waals surface area contributed by atoms with E-state index in [9.17, 15) is 4.79 Å². The molecule has 0 spiro atoms. The minimum atomic E-state index is 0.333. The highest BCUT2D eigenvalue weighted by molar-refractivity contribution is 5.45. The first-order valence-corrected chi connectivity index (χ1v) is 3.13. The van der Waals surface area contributed by atoms with E-state index >= 15 is 0 Å². The van der Waals surface area contributed by atoms with Crippen molar-refractivity contribution in [3.8, 4) is 17.8 Å². The molecule has 0 amide bonds. The van der Waals surface area contributed by atoms with E-state index in [1.54, 1.807) is 0 Å². The molecule has 0 aromatic heterocycles. The van der Waals surface area contributed by atoms with Crippen LogP contribution in [-0.4, -0.2) is 6.47 Å². The lowest BCUT2D eigenvalue weighted by Crippen LogP contribution is -1.88. The van der Waals surface area contributed by atoms with Crippen LogP contribution in [0.4, 0.5) is 0 Å². The third-order valence-corrected chi connectivity index (χ3v) is 1.17. The Morgan fingerprint density at radius 3 is 2.33 bits per heavy atom. The Balaban J connectivity index is 2.72. The monoisotopic (exact) mass is 163 g/mol. The van der Waals surface area contributed by atoms with Crippen molar-refractivity contribution in [1.29, 1.82) is 5.26 Å². The first-order valence-electron chi connectivity index (χ1n) is 3.13. The molecule has 0 heterocycles. The second kappa shape index (κ2) is 3.98. The highest BCUT2D eigenvalue weighted by Gasteiger charge is 1.94. The van der Waals surface area contributed by atoms with Gasteiger partial charge in [0.2, 0.25) is 0 Å². The molecule has 60 valence electrons. The van der Waals surface area contributed by atoms with E-state index in [4.69, 9.17) is 5.26 Å². The van der Waals surface area contributed by atoms with Gasteiger partial charge in [-0.3, -0.25) is 4.79 Å². The van der Waals surface area contributed by atoms with Crippen molar-refractivity contribution in [2.75, 3.05) is 0 Å². The van der Waals surface area contributed by atoms with Crippen molar-refractivity contribution in [2.24, 2.45) is 0 Å². The molecular weight excluding hydrogens is 158 g/mol. The van der Waals surface area contributed by atoms with Crippen LogP contribution in [-0.2, 0) is 4.79 Å². The van der Waals surface area contributed by atoms with Gasteiger partial charge in [-0.05, 0) is 24.3 Å². The summed E-state index contributed by atoms with van der Waals surface area (Å²) in [6.07, 6.45) is 1.53. The van der Waals surface area contributed by atoms with Crippen LogP contribution in [0.25, 0.3) is 0 Å². The third-order valence-electron chi connectivity index (χ3n) is 1.17. The van der Waals surface area contributed by atoms with E-state index in [0.29, 0.717) is 18.0 Å². The molecule has 0 aliphatic carbocycles. The summed E-state index contributed by atoms with van der Waals surface area (Å²) in [6, 6.07) is 6.12. The van der Waals surface area contributed by atoms with Gasteiger partial charge in [0, 0.05) is 0 Å². The Morgan fingerprint density at radius 1 is 1.25 bits per heavy atom. The average Bonchev–Trinajstić information content (AvgIpc) is 2.09. The van der Waals surface area contributed by atoms with Crippen molar-refractivity contribution in [3.05, 3.63) is 24.3 Å². The molecule has 0 aliphatic rings. The zero-order chi connectivity index (χ0) is 8.81. The van der Waals surface area contributed by atoms with Gasteiger partial charge in [0.25, 0.3) is 12.7 Å². The van der Waals surface area contributed by atoms with E-state index in [2.05, 4.69) is 9.47 Å². The highest BCUT2D eigenvalue weighted by atomic mass is 16.5. The largest absolute Gasteiger partial charge is 0.429 e. The fourth-order valence-corrected chi connectivity index (χ4v) is 0.695. The number of hydrogen-bond donors (Lipinski definition) is 0. The van der Waals surface area contributed by atoms with Gasteiger partial charge >= 0.3 is 0 Å². The van der Waals surface area contributed by atoms with Crippen LogP contribution in [0.15, 0.2) is 24.3 Å². The molecule has 4 nitrogen and oxygen atoms in total. The smallest absolute Gasteiger partial charge is 0.298 e. The molecule has 1 aromatic carbocycles. The molecule has 1 rings (SSSR count). The van der Waals surface area contributed by atoms with Crippen molar-refractivity contribution in [3.63, 3.8) is 0 Å². The van der Waals surface area contributed by atoms with Gasteiger partial charge in [-0.25, -0.2) is 0 Å². The number of benzene rings is 1. The van der Waals surface area contributed by atoms with Crippen molar-refractivity contribution in [2.45, 2.75) is 0 Å². The normalized spacial score (nSPS) is 8.25. The number of nitrogens with zero attached hydrogens (tertiary/aromatic N) is 1. The second-order valence-electron chi connectivity index (χ2n) is 1.88. The summed E-state index contributed by atoms with van der Waals surface area (Å²) in [5.74, 6) is 0.825. The lowest BCUT2D eigenvalue weighted by Gasteiger charge is -1.97. The molecule has 0 aliphatic heterocycles. The summed E-state index contributed by atoms with van der Waals surface area (Å²) < 4.78 is 9.02. The fourth-order valence-electron chi connectivity index (χ4n) is 0.695. The summed E-state index contributed by atoms with van der Waals surface area (Å²) in [4.78, 5) is 9.88. The number of rotatable bonds is 3. The van der Waals surface area contributed by atoms with Crippen molar-refractivity contribution < 1.29 is 14.3 Å². The Kier molecular flexibility index (Phi) is 2.68. The SMILES string of the molecule is N#COc1ccc(OC=O)cc1. The van der Waals surface area contributed by atoms with E-state index < -0.39 is 0 Å². The van der Waals surface area contributed by atoms with Crippen molar-refractivity contribution >= 4 is 6.47 Å². The van der Waals surface area contributed by atoms with E-state index in [1.807, 2.05) is 0 Å². The Hall–Kier alpha value is -2.02. The molecule has 4 heteroatoms. The molecule has 0 bridgehead atoms. The van der Waals surface area contributed by atoms with Crippen LogP contribution in [0.1, 0.15) is 0 Å². The quantitative estimate of drug-likeness (QED) is 0.494. The zero-order valence-electron chi connectivity index (χ0n) is 6.06. The molecular formula is C8H5NO3. The summed E-state index contributed by atoms with van der Waals surface area (Å²) >= 11 is 0. The van der Waals surface area contributed by atoms with Crippen LogP contribution in [0.3, 0.4) is 0 Å². The molecule has 0 saturated carbocycles. The summed E-state index contributed by atoms with van der Waals surface area (Å²) in [5, 5.41) is 8.13. The van der Waals surface area contributed by atoms with E-state index in [0.717, 1.165) is 0 Å². The first kappa shape index (κ1) is 8.08. The third kappa shape index (κ3) is 1.99. The Bertz CT molecular complexity index is 299. The predicted molar refractivity (Wildman–Crippen MR) is 39.4 cm³/mol. The first-order chi connectivity index (χ1) is 5.86. The molecule has 0 saturated heterocycles. The van der Waals surface area contributed by atoms with Gasteiger partial charge in [0.15, 0.2) is 0 Å². The number of nitriles is 1. The predicted octanol–water partition coefficient (Wildman–Crippen LogP) is 1.08. The van der Waals surface area contributed by atoms with Gasteiger partial charge < -0.3 is 9.47 Å². The molecule has 0 radical (unpaired) electrons. The molecule has 0 unspecified atom stereocenters. The number of hydrogen-bond acceptors (Lipinski definition) is 4. The van der Waals surface area contributed by atoms with Crippen LogP contribution in [0.2, 0.25) is 0 Å². The number of carbonyl (C=O) groups excluding carboxylic acids is 1. The zero-order valence-corrected chi connectivity index (χ0v) is 6.06. The number of carbonyl (C=O) groups is 1. The summed E-state index contributed by atoms with van der Waals surface area (Å²) in [7, 11) is 0. The lowest BCUT2D eigenvalue weighted by molar-refractivity contribution is -0.120. The fraction of sp³-hybridized carbons (Fsp3) is 0. The summed E-state index contributed by atoms with van der Waals surface area (Å²) in [6.45, 7) is 0.333. The highest BCUT2D eigenvalue weighted by Crippen LogP contribution is 2.16. The van der Waals surface area contributed by atoms with Crippen molar-refractivity contribution in [1.82, 2.24) is 0 Å². The molecule has 0 atom stereocenters. The van der Waals surface area contributed by atoms with Gasteiger partial charge in [-0.2, -0.15) is 0 Å². The van der Waals surface area contributed by atoms with E-state index in [1.165, 1.54) is 30.5 Å². The maximum absolute atomic E-state index is 9.88. The van der Waals surface area contributed by atoms with Gasteiger partial charge in [0.1, 0.15) is 11.5 Å². The topological polar surface area (TPSA) is 59.3 Å². The van der Waals surface area contributed by atoms with Crippen LogP contribution in [0, 0.1) is 11.5 Å². The molecule has 0 N–H and O–H groups in total. The standard InChI is InChI=1S/C8H5NO3/c9-5-11-7-1-3-8(4-2-7)12-6-10/h1-4,6H. The van der Waals surface area contributed by atoms with Gasteiger partial charge in [-0.15, -0.1) is 5.26 Å². The Labute approximate surface area is 68.9 Å². The maximum Gasteiger partial charge on any atom is 0.298 e. The maximum atomic E-state index is 9.88. The minimum Gasteiger partial charge on any atom is -0.429 e. The number of ether oxygens (including phenoxy) is 2. The molecule has 1 aromatic rings. The van der Waals surface area contributed by atoms with Gasteiger partial charge in [0.05, 0.1) is 0 Å². The lowest BCUT2D eigenvalue weighted by atomic mass is 10.3. The second-order valence-corrected chi connectivity index (χ2v) is 1.88. The minimum absolute atomic E-state index is 0.333. The summed E-state index contributed by atoms with van der Waals surface area (Å²) in [5.41, 5.74) is 0. The molecule has 0 fully saturated rings. The van der Waals surface area contributed by atoms with E-state index in [-0.39, 0.29) is 0 Å².